The number of morpholine rings is 1. The van der Waals surface area contributed by atoms with Crippen LogP contribution in [0.4, 0.5) is 0 Å². The molecule has 0 bridgehead atoms. The molecule has 0 saturated carbocycles. The van der Waals surface area contributed by atoms with Crippen LogP contribution < -0.4 is 5.32 Å². The molecular formula is C12H22N2O6S. The minimum absolute atomic E-state index is 0.213. The Morgan fingerprint density at radius 3 is 2.38 bits per heavy atom. The molecule has 1 aliphatic rings. The highest BCUT2D eigenvalue weighted by atomic mass is 32.2. The van der Waals surface area contributed by atoms with Crippen molar-refractivity contribution in [2.45, 2.75) is 32.2 Å². The van der Waals surface area contributed by atoms with Gasteiger partial charge in [-0.3, -0.25) is 4.79 Å². The van der Waals surface area contributed by atoms with E-state index in [2.05, 4.69) is 5.32 Å². The summed E-state index contributed by atoms with van der Waals surface area (Å²) in [7, 11) is -3.52. The first-order valence-corrected chi connectivity index (χ1v) is 8.42. The van der Waals surface area contributed by atoms with Crippen LogP contribution in [0.15, 0.2) is 0 Å². The molecule has 1 fully saturated rings. The fraction of sp³-hybridized carbons (Fsp3) is 0.833. The highest BCUT2D eigenvalue weighted by molar-refractivity contribution is 7.89. The molecule has 9 heteroatoms. The van der Waals surface area contributed by atoms with E-state index in [1.807, 2.05) is 0 Å². The molecule has 0 aromatic carbocycles. The Morgan fingerprint density at radius 2 is 1.90 bits per heavy atom. The van der Waals surface area contributed by atoms with Crippen LogP contribution >= 0.6 is 0 Å². The number of hydrogen-bond acceptors (Lipinski definition) is 5. The van der Waals surface area contributed by atoms with Gasteiger partial charge in [0.2, 0.25) is 15.9 Å². The number of carboxylic acid groups (broad SMARTS) is 1. The third-order valence-corrected chi connectivity index (χ3v) is 5.42. The minimum Gasteiger partial charge on any atom is -0.480 e. The van der Waals surface area contributed by atoms with Gasteiger partial charge in [0, 0.05) is 19.5 Å². The molecule has 1 heterocycles. The minimum atomic E-state index is -3.52. The maximum atomic E-state index is 12.0. The second kappa shape index (κ2) is 7.19. The summed E-state index contributed by atoms with van der Waals surface area (Å²) in [4.78, 5) is 22.9. The Morgan fingerprint density at radius 1 is 1.33 bits per heavy atom. The summed E-state index contributed by atoms with van der Waals surface area (Å²) in [6.45, 7) is 4.29. The molecule has 21 heavy (non-hydrogen) atoms. The summed E-state index contributed by atoms with van der Waals surface area (Å²) in [6.07, 6.45) is -0.0488. The van der Waals surface area contributed by atoms with Crippen molar-refractivity contribution in [1.82, 2.24) is 9.62 Å². The van der Waals surface area contributed by atoms with Crippen molar-refractivity contribution in [2.24, 2.45) is 0 Å². The van der Waals surface area contributed by atoms with E-state index >= 15 is 0 Å². The molecule has 1 rings (SSSR count). The lowest BCUT2D eigenvalue weighted by Gasteiger charge is -2.27. The molecule has 2 N–H and O–H groups in total. The number of rotatable bonds is 7. The molecule has 0 spiro atoms. The van der Waals surface area contributed by atoms with Gasteiger partial charge in [-0.05, 0) is 13.3 Å². The lowest BCUT2D eigenvalue weighted by molar-refractivity contribution is -0.146. The second-order valence-electron chi connectivity index (χ2n) is 5.12. The first-order chi connectivity index (χ1) is 9.71. The molecule has 1 amide bonds. The van der Waals surface area contributed by atoms with Gasteiger partial charge in [0.05, 0.1) is 19.0 Å². The molecule has 0 aromatic heterocycles. The number of amides is 1. The SMILES string of the molecule is CCC(C)(NC(=O)CCS(=O)(=O)N1CCOCC1)C(=O)O. The van der Waals surface area contributed by atoms with Gasteiger partial charge in [-0.15, -0.1) is 0 Å². The van der Waals surface area contributed by atoms with Crippen LogP contribution in [0.5, 0.6) is 0 Å². The van der Waals surface area contributed by atoms with Gasteiger partial charge in [-0.2, -0.15) is 4.31 Å². The van der Waals surface area contributed by atoms with Crippen molar-refractivity contribution in [2.75, 3.05) is 32.1 Å². The summed E-state index contributed by atoms with van der Waals surface area (Å²) in [5.74, 6) is -2.06. The maximum absolute atomic E-state index is 12.0. The molecule has 1 unspecified atom stereocenters. The van der Waals surface area contributed by atoms with Crippen molar-refractivity contribution in [3.05, 3.63) is 0 Å². The van der Waals surface area contributed by atoms with E-state index in [1.54, 1.807) is 6.92 Å². The number of hydrogen-bond donors (Lipinski definition) is 2. The van der Waals surface area contributed by atoms with Crippen LogP contribution in [0.25, 0.3) is 0 Å². The van der Waals surface area contributed by atoms with Gasteiger partial charge in [0.25, 0.3) is 0 Å². The van der Waals surface area contributed by atoms with E-state index in [1.165, 1.54) is 11.2 Å². The Balaban J connectivity index is 2.54. The first kappa shape index (κ1) is 17.9. The molecule has 0 radical (unpaired) electrons. The predicted octanol–water partition coefficient (Wildman–Crippen LogP) is -0.592. The highest BCUT2D eigenvalue weighted by Gasteiger charge is 2.33. The number of nitrogens with one attached hydrogen (secondary N) is 1. The van der Waals surface area contributed by atoms with Gasteiger partial charge < -0.3 is 15.2 Å². The summed E-state index contributed by atoms with van der Waals surface area (Å²) in [6, 6.07) is 0. The Kier molecular flexibility index (Phi) is 6.11. The zero-order chi connectivity index (χ0) is 16.1. The molecule has 122 valence electrons. The van der Waals surface area contributed by atoms with Crippen molar-refractivity contribution in [3.8, 4) is 0 Å². The number of nitrogens with zero attached hydrogens (tertiary/aromatic N) is 1. The molecule has 0 aliphatic carbocycles. The molecular weight excluding hydrogens is 300 g/mol. The van der Waals surface area contributed by atoms with Crippen LogP contribution in [0.2, 0.25) is 0 Å². The van der Waals surface area contributed by atoms with Gasteiger partial charge in [0.1, 0.15) is 5.54 Å². The van der Waals surface area contributed by atoms with Crippen molar-refractivity contribution < 1.29 is 27.9 Å². The van der Waals surface area contributed by atoms with Crippen LogP contribution in [0.1, 0.15) is 26.7 Å². The number of carbonyl (C=O) groups is 2. The summed E-state index contributed by atoms with van der Waals surface area (Å²) < 4.78 is 30.4. The normalized spacial score (nSPS) is 19.7. The summed E-state index contributed by atoms with van der Waals surface area (Å²) in [5, 5.41) is 11.4. The third kappa shape index (κ3) is 4.94. The van der Waals surface area contributed by atoms with Gasteiger partial charge in [0.15, 0.2) is 0 Å². The van der Waals surface area contributed by atoms with E-state index in [0.717, 1.165) is 0 Å². The summed E-state index contributed by atoms with van der Waals surface area (Å²) >= 11 is 0. The highest BCUT2D eigenvalue weighted by Crippen LogP contribution is 2.11. The smallest absolute Gasteiger partial charge is 0.329 e. The first-order valence-electron chi connectivity index (χ1n) is 6.81. The number of carboxylic acids is 1. The van der Waals surface area contributed by atoms with Crippen LogP contribution in [0, 0.1) is 0 Å². The quantitative estimate of drug-likeness (QED) is 0.647. The average molecular weight is 322 g/mol. The molecule has 1 aliphatic heterocycles. The number of sulfonamides is 1. The van der Waals surface area contributed by atoms with E-state index in [4.69, 9.17) is 9.84 Å². The van der Waals surface area contributed by atoms with Gasteiger partial charge in [-0.25, -0.2) is 13.2 Å². The Bertz CT molecular complexity index is 486. The topological polar surface area (TPSA) is 113 Å². The largest absolute Gasteiger partial charge is 0.480 e. The van der Waals surface area contributed by atoms with Gasteiger partial charge in [-0.1, -0.05) is 6.92 Å². The maximum Gasteiger partial charge on any atom is 0.329 e. The monoisotopic (exact) mass is 322 g/mol. The molecule has 8 nitrogen and oxygen atoms in total. The van der Waals surface area contributed by atoms with Crippen LogP contribution in [-0.4, -0.2) is 67.3 Å². The van der Waals surface area contributed by atoms with Crippen LogP contribution in [0.3, 0.4) is 0 Å². The van der Waals surface area contributed by atoms with E-state index < -0.39 is 27.4 Å². The standard InChI is InChI=1S/C12H22N2O6S/c1-3-12(2,11(16)17)13-10(15)4-9-21(18,19)14-5-7-20-8-6-14/h3-9H2,1-2H3,(H,13,15)(H,16,17). The molecule has 1 atom stereocenters. The lowest BCUT2D eigenvalue weighted by atomic mass is 9.99. The number of ether oxygens (including phenoxy) is 1. The number of aliphatic carboxylic acids is 1. The zero-order valence-corrected chi connectivity index (χ0v) is 13.1. The molecule has 0 aromatic rings. The van der Waals surface area contributed by atoms with Crippen molar-refractivity contribution in [3.63, 3.8) is 0 Å². The van der Waals surface area contributed by atoms with E-state index in [9.17, 15) is 18.0 Å². The lowest BCUT2D eigenvalue weighted by Crippen LogP contribution is -2.52. The Hall–Kier alpha value is -1.19. The number of carbonyl (C=O) groups excluding carboxylic acids is 1. The van der Waals surface area contributed by atoms with Crippen LogP contribution in [-0.2, 0) is 24.3 Å². The fourth-order valence-corrected chi connectivity index (χ4v) is 3.25. The third-order valence-electron chi connectivity index (χ3n) is 3.54. The summed E-state index contributed by atoms with van der Waals surface area (Å²) in [5.41, 5.74) is -1.38. The van der Waals surface area contributed by atoms with Gasteiger partial charge >= 0.3 is 5.97 Å². The average Bonchev–Trinajstić information content (AvgIpc) is 2.46. The predicted molar refractivity (Wildman–Crippen MR) is 75.3 cm³/mol. The second-order valence-corrected chi connectivity index (χ2v) is 7.20. The fourth-order valence-electron chi connectivity index (χ4n) is 1.84. The van der Waals surface area contributed by atoms with E-state index in [0.29, 0.717) is 13.2 Å². The molecule has 1 saturated heterocycles. The van der Waals surface area contributed by atoms with Crippen molar-refractivity contribution in [1.29, 1.82) is 0 Å². The Labute approximate surface area is 124 Å². The van der Waals surface area contributed by atoms with E-state index in [-0.39, 0.29) is 31.7 Å². The van der Waals surface area contributed by atoms with Crippen molar-refractivity contribution >= 4 is 21.9 Å². The zero-order valence-electron chi connectivity index (χ0n) is 12.3.